The predicted octanol–water partition coefficient (Wildman–Crippen LogP) is 3.04. The van der Waals surface area contributed by atoms with Crippen molar-refractivity contribution in [3.05, 3.63) is 53.0 Å². The lowest BCUT2D eigenvalue weighted by Gasteiger charge is -2.09. The molecule has 0 aliphatic carbocycles. The molecule has 0 amide bonds. The number of rotatable bonds is 2. The molecule has 2 heterocycles. The maximum absolute atomic E-state index is 11.3. The van der Waals surface area contributed by atoms with Crippen molar-refractivity contribution in [3.8, 4) is 5.82 Å². The Kier molecular flexibility index (Phi) is 2.97. The van der Waals surface area contributed by atoms with E-state index in [1.54, 1.807) is 10.7 Å². The zero-order valence-electron chi connectivity index (χ0n) is 12.1. The summed E-state index contributed by atoms with van der Waals surface area (Å²) in [6.45, 7) is 5.89. The molecule has 0 fully saturated rings. The molecular formula is C16H15N3O2. The lowest BCUT2D eigenvalue weighted by Crippen LogP contribution is -2.08. The highest BCUT2D eigenvalue weighted by atomic mass is 16.4. The molecule has 0 aliphatic rings. The van der Waals surface area contributed by atoms with E-state index in [1.165, 1.54) is 0 Å². The molecule has 1 aromatic carbocycles. The fourth-order valence-corrected chi connectivity index (χ4v) is 2.38. The van der Waals surface area contributed by atoms with Crippen LogP contribution in [0.5, 0.6) is 0 Å². The molecule has 5 heteroatoms. The van der Waals surface area contributed by atoms with E-state index in [4.69, 9.17) is 0 Å². The van der Waals surface area contributed by atoms with Crippen molar-refractivity contribution < 1.29 is 9.90 Å². The Hall–Kier alpha value is -2.69. The molecule has 21 heavy (non-hydrogen) atoms. The largest absolute Gasteiger partial charge is 0.477 e. The van der Waals surface area contributed by atoms with Crippen LogP contribution in [0.15, 0.2) is 30.3 Å². The fourth-order valence-electron chi connectivity index (χ4n) is 2.38. The lowest BCUT2D eigenvalue weighted by atomic mass is 10.1. The standard InChI is InChI=1S/C16H15N3O2/c1-9-10(2)18-19(11(9)3)15-13-7-5-4-6-12(13)8-14(17-15)16(20)21/h4-8H,1-3H3,(H,20,21). The van der Waals surface area contributed by atoms with Gasteiger partial charge in [0.2, 0.25) is 0 Å². The van der Waals surface area contributed by atoms with Crippen LogP contribution in [0, 0.1) is 20.8 Å². The first-order valence-corrected chi connectivity index (χ1v) is 6.65. The molecule has 5 nitrogen and oxygen atoms in total. The number of carboxylic acid groups (broad SMARTS) is 1. The number of benzene rings is 1. The monoisotopic (exact) mass is 281 g/mol. The highest BCUT2D eigenvalue weighted by Gasteiger charge is 2.16. The zero-order valence-corrected chi connectivity index (χ0v) is 12.1. The smallest absolute Gasteiger partial charge is 0.354 e. The Morgan fingerprint density at radius 2 is 1.90 bits per heavy atom. The number of aromatic carboxylic acids is 1. The summed E-state index contributed by atoms with van der Waals surface area (Å²) in [5.41, 5.74) is 2.99. The van der Waals surface area contributed by atoms with Crippen LogP contribution in [0.1, 0.15) is 27.4 Å². The van der Waals surface area contributed by atoms with Crippen LogP contribution in [0.4, 0.5) is 0 Å². The van der Waals surface area contributed by atoms with Crippen LogP contribution in [0.25, 0.3) is 16.6 Å². The fraction of sp³-hybridized carbons (Fsp3) is 0.188. The molecule has 2 aromatic heterocycles. The van der Waals surface area contributed by atoms with E-state index in [-0.39, 0.29) is 5.69 Å². The Morgan fingerprint density at radius 1 is 1.19 bits per heavy atom. The van der Waals surface area contributed by atoms with E-state index < -0.39 is 5.97 Å². The maximum atomic E-state index is 11.3. The zero-order chi connectivity index (χ0) is 15.1. The maximum Gasteiger partial charge on any atom is 0.354 e. The van der Waals surface area contributed by atoms with Gasteiger partial charge >= 0.3 is 5.97 Å². The van der Waals surface area contributed by atoms with Gasteiger partial charge in [0, 0.05) is 11.1 Å². The SMILES string of the molecule is Cc1nn(-c2nc(C(=O)O)cc3ccccc23)c(C)c1C. The highest BCUT2D eigenvalue weighted by molar-refractivity contribution is 5.95. The summed E-state index contributed by atoms with van der Waals surface area (Å²) in [6.07, 6.45) is 0. The Labute approximate surface area is 121 Å². The second kappa shape index (κ2) is 4.70. The quantitative estimate of drug-likeness (QED) is 0.784. The lowest BCUT2D eigenvalue weighted by molar-refractivity contribution is 0.0690. The first kappa shape index (κ1) is 13.3. The summed E-state index contributed by atoms with van der Waals surface area (Å²) in [5, 5.41) is 15.5. The highest BCUT2D eigenvalue weighted by Crippen LogP contribution is 2.24. The summed E-state index contributed by atoms with van der Waals surface area (Å²) < 4.78 is 1.72. The van der Waals surface area contributed by atoms with Gasteiger partial charge in [-0.05, 0) is 37.8 Å². The van der Waals surface area contributed by atoms with E-state index >= 15 is 0 Å². The minimum Gasteiger partial charge on any atom is -0.477 e. The molecule has 0 bridgehead atoms. The van der Waals surface area contributed by atoms with E-state index in [1.807, 2.05) is 45.0 Å². The third-order valence-electron chi connectivity index (χ3n) is 3.79. The third kappa shape index (κ3) is 2.07. The van der Waals surface area contributed by atoms with Crippen LogP contribution in [0.3, 0.4) is 0 Å². The van der Waals surface area contributed by atoms with Crippen molar-refractivity contribution in [2.75, 3.05) is 0 Å². The summed E-state index contributed by atoms with van der Waals surface area (Å²) in [5.74, 6) is -0.487. The van der Waals surface area contributed by atoms with Crippen molar-refractivity contribution in [1.82, 2.24) is 14.8 Å². The number of fused-ring (bicyclic) bond motifs is 1. The van der Waals surface area contributed by atoms with Gasteiger partial charge in [-0.2, -0.15) is 5.10 Å². The minimum atomic E-state index is -1.04. The molecule has 0 unspecified atom stereocenters. The van der Waals surface area contributed by atoms with Crippen LogP contribution < -0.4 is 0 Å². The minimum absolute atomic E-state index is 0.0221. The van der Waals surface area contributed by atoms with Crippen LogP contribution in [0.2, 0.25) is 0 Å². The summed E-state index contributed by atoms with van der Waals surface area (Å²) in [7, 11) is 0. The van der Waals surface area contributed by atoms with Gasteiger partial charge in [0.05, 0.1) is 5.69 Å². The van der Waals surface area contributed by atoms with Crippen molar-refractivity contribution >= 4 is 16.7 Å². The molecule has 3 aromatic rings. The van der Waals surface area contributed by atoms with Crippen molar-refractivity contribution in [3.63, 3.8) is 0 Å². The average Bonchev–Trinajstić information content (AvgIpc) is 2.73. The van der Waals surface area contributed by atoms with Gasteiger partial charge in [0.1, 0.15) is 0 Å². The number of nitrogens with zero attached hydrogens (tertiary/aromatic N) is 3. The molecule has 1 N–H and O–H groups in total. The predicted molar refractivity (Wildman–Crippen MR) is 80.0 cm³/mol. The van der Waals surface area contributed by atoms with Crippen LogP contribution >= 0.6 is 0 Å². The van der Waals surface area contributed by atoms with Gasteiger partial charge in [-0.15, -0.1) is 0 Å². The average molecular weight is 281 g/mol. The Morgan fingerprint density at radius 3 is 2.52 bits per heavy atom. The molecule has 0 radical (unpaired) electrons. The molecular weight excluding hydrogens is 266 g/mol. The van der Waals surface area contributed by atoms with Gasteiger partial charge in [-0.3, -0.25) is 0 Å². The normalized spacial score (nSPS) is 11.0. The number of carbonyl (C=O) groups is 1. The molecule has 106 valence electrons. The van der Waals surface area contributed by atoms with Crippen molar-refractivity contribution in [2.24, 2.45) is 0 Å². The topological polar surface area (TPSA) is 68.0 Å². The first-order valence-electron chi connectivity index (χ1n) is 6.65. The van der Waals surface area contributed by atoms with Crippen molar-refractivity contribution in [2.45, 2.75) is 20.8 Å². The molecule has 0 spiro atoms. The number of aromatic nitrogens is 3. The second-order valence-electron chi connectivity index (χ2n) is 5.07. The molecule has 0 aliphatic heterocycles. The van der Waals surface area contributed by atoms with E-state index in [0.29, 0.717) is 5.82 Å². The van der Waals surface area contributed by atoms with Gasteiger partial charge in [-0.25, -0.2) is 14.5 Å². The number of hydrogen-bond acceptors (Lipinski definition) is 3. The van der Waals surface area contributed by atoms with Crippen molar-refractivity contribution in [1.29, 1.82) is 0 Å². The number of aryl methyl sites for hydroxylation is 1. The van der Waals surface area contributed by atoms with Gasteiger partial charge in [0.15, 0.2) is 11.5 Å². The molecule has 0 saturated carbocycles. The molecule has 3 rings (SSSR count). The molecule has 0 atom stereocenters. The van der Waals surface area contributed by atoms with Gasteiger partial charge < -0.3 is 5.11 Å². The first-order chi connectivity index (χ1) is 9.99. The van der Waals surface area contributed by atoms with Gasteiger partial charge in [-0.1, -0.05) is 24.3 Å². The Bertz CT molecular complexity index is 865. The summed E-state index contributed by atoms with van der Waals surface area (Å²) in [4.78, 5) is 15.6. The summed E-state index contributed by atoms with van der Waals surface area (Å²) >= 11 is 0. The van der Waals surface area contributed by atoms with E-state index in [0.717, 1.165) is 27.7 Å². The number of carboxylic acids is 1. The number of pyridine rings is 1. The van der Waals surface area contributed by atoms with Crippen LogP contribution in [-0.4, -0.2) is 25.8 Å². The van der Waals surface area contributed by atoms with E-state index in [2.05, 4.69) is 10.1 Å². The van der Waals surface area contributed by atoms with E-state index in [9.17, 15) is 9.90 Å². The Balaban J connectivity index is 2.39. The van der Waals surface area contributed by atoms with Gasteiger partial charge in [0.25, 0.3) is 0 Å². The summed E-state index contributed by atoms with van der Waals surface area (Å²) in [6, 6.07) is 9.18. The third-order valence-corrected chi connectivity index (χ3v) is 3.79. The molecule has 0 saturated heterocycles. The second-order valence-corrected chi connectivity index (χ2v) is 5.07. The number of hydrogen-bond donors (Lipinski definition) is 1. The van der Waals surface area contributed by atoms with Crippen LogP contribution in [-0.2, 0) is 0 Å².